The zero-order chi connectivity index (χ0) is 14.5. The molecular weight excluding hydrogens is 261 g/mol. The third-order valence-corrected chi connectivity index (χ3v) is 3.72. The fraction of sp³-hybridized carbons (Fsp3) is 0.500. The maximum Gasteiger partial charge on any atom is 0.170 e. The minimum atomic E-state index is -0.381. The highest BCUT2D eigenvalue weighted by Gasteiger charge is 2.22. The molecule has 1 aliphatic carbocycles. The van der Waals surface area contributed by atoms with Crippen molar-refractivity contribution in [3.05, 3.63) is 35.1 Å². The van der Waals surface area contributed by atoms with Gasteiger partial charge in [0.05, 0.1) is 6.10 Å². The van der Waals surface area contributed by atoms with E-state index in [1.807, 2.05) is 0 Å². The smallest absolute Gasteiger partial charge is 0.170 e. The third kappa shape index (κ3) is 3.68. The van der Waals surface area contributed by atoms with Crippen LogP contribution < -0.4 is 11.1 Å². The number of aliphatic hydroxyl groups is 1. The van der Waals surface area contributed by atoms with Gasteiger partial charge in [0.25, 0.3) is 0 Å². The van der Waals surface area contributed by atoms with Crippen LogP contribution in [0.25, 0.3) is 0 Å². The van der Waals surface area contributed by atoms with E-state index in [-0.39, 0.29) is 17.8 Å². The summed E-state index contributed by atoms with van der Waals surface area (Å²) in [6.45, 7) is 1.20. The predicted octanol–water partition coefficient (Wildman–Crippen LogP) is 1.17. The van der Waals surface area contributed by atoms with Crippen molar-refractivity contribution in [3.63, 3.8) is 0 Å². The van der Waals surface area contributed by atoms with Gasteiger partial charge in [-0.15, -0.1) is 0 Å². The van der Waals surface area contributed by atoms with Gasteiger partial charge in [0, 0.05) is 17.7 Å². The summed E-state index contributed by atoms with van der Waals surface area (Å²) < 4.78 is 13.8. The molecule has 0 amide bonds. The maximum absolute atomic E-state index is 13.8. The zero-order valence-corrected chi connectivity index (χ0v) is 11.2. The van der Waals surface area contributed by atoms with Crippen LogP contribution in [0.5, 0.6) is 0 Å². The normalized spacial score (nSPS) is 23.2. The van der Waals surface area contributed by atoms with Crippen molar-refractivity contribution in [2.24, 2.45) is 16.8 Å². The molecule has 0 saturated heterocycles. The van der Waals surface area contributed by atoms with Gasteiger partial charge in [-0.3, -0.25) is 0 Å². The van der Waals surface area contributed by atoms with Gasteiger partial charge in [-0.25, -0.2) is 4.39 Å². The molecule has 2 unspecified atom stereocenters. The van der Waals surface area contributed by atoms with E-state index in [0.717, 1.165) is 25.8 Å². The van der Waals surface area contributed by atoms with Gasteiger partial charge in [-0.2, -0.15) is 0 Å². The second-order valence-electron chi connectivity index (χ2n) is 5.26. The predicted molar refractivity (Wildman–Crippen MR) is 74.0 cm³/mol. The lowest BCUT2D eigenvalue weighted by Gasteiger charge is -2.11. The lowest BCUT2D eigenvalue weighted by Crippen LogP contribution is -2.22. The molecule has 1 fully saturated rings. The molecule has 0 spiro atoms. The largest absolute Gasteiger partial charge is 0.409 e. The number of hydrogen-bond donors (Lipinski definition) is 4. The monoisotopic (exact) mass is 281 g/mol. The Balaban J connectivity index is 1.87. The van der Waals surface area contributed by atoms with Crippen LogP contribution in [0.4, 0.5) is 4.39 Å². The number of aliphatic hydroxyl groups excluding tert-OH is 1. The van der Waals surface area contributed by atoms with Crippen LogP contribution in [0.15, 0.2) is 23.4 Å². The number of nitrogens with one attached hydrogen (secondary N) is 1. The summed E-state index contributed by atoms with van der Waals surface area (Å²) in [5.74, 6) is -0.0269. The van der Waals surface area contributed by atoms with Crippen LogP contribution in [0.1, 0.15) is 30.4 Å². The Bertz CT molecular complexity index is 493. The Labute approximate surface area is 117 Å². The van der Waals surface area contributed by atoms with Gasteiger partial charge in [-0.05, 0) is 37.8 Å². The highest BCUT2D eigenvalue weighted by molar-refractivity contribution is 5.97. The van der Waals surface area contributed by atoms with E-state index < -0.39 is 0 Å². The van der Waals surface area contributed by atoms with Crippen molar-refractivity contribution in [2.75, 3.05) is 6.54 Å². The minimum Gasteiger partial charge on any atom is -0.409 e. The van der Waals surface area contributed by atoms with E-state index >= 15 is 0 Å². The Morgan fingerprint density at radius 2 is 2.25 bits per heavy atom. The average Bonchev–Trinajstić information content (AvgIpc) is 2.85. The first-order valence-corrected chi connectivity index (χ1v) is 6.75. The van der Waals surface area contributed by atoms with Crippen LogP contribution in [0, 0.1) is 11.7 Å². The molecule has 0 aliphatic heterocycles. The fourth-order valence-electron chi connectivity index (χ4n) is 2.55. The Hall–Kier alpha value is -1.66. The van der Waals surface area contributed by atoms with Crippen LogP contribution in [-0.4, -0.2) is 28.8 Å². The van der Waals surface area contributed by atoms with Crippen molar-refractivity contribution in [3.8, 4) is 0 Å². The molecule has 0 aromatic heterocycles. The highest BCUT2D eigenvalue weighted by atomic mass is 19.1. The number of nitrogens with zero attached hydrogens (tertiary/aromatic N) is 1. The molecule has 1 aromatic carbocycles. The molecule has 1 saturated carbocycles. The van der Waals surface area contributed by atoms with Gasteiger partial charge >= 0.3 is 0 Å². The molecule has 110 valence electrons. The van der Waals surface area contributed by atoms with E-state index in [9.17, 15) is 9.50 Å². The Morgan fingerprint density at radius 1 is 1.45 bits per heavy atom. The molecular formula is C14H20FN3O2. The van der Waals surface area contributed by atoms with E-state index in [1.54, 1.807) is 12.1 Å². The number of halogens is 1. The van der Waals surface area contributed by atoms with Gasteiger partial charge in [-0.1, -0.05) is 17.3 Å². The molecule has 5 nitrogen and oxygen atoms in total. The summed E-state index contributed by atoms with van der Waals surface area (Å²) in [7, 11) is 0. The summed E-state index contributed by atoms with van der Waals surface area (Å²) in [5.41, 5.74) is 6.30. The summed E-state index contributed by atoms with van der Waals surface area (Å²) in [5, 5.41) is 24.0. The average molecular weight is 281 g/mol. The summed E-state index contributed by atoms with van der Waals surface area (Å²) in [6, 6.07) is 4.50. The molecule has 2 rings (SSSR count). The zero-order valence-electron chi connectivity index (χ0n) is 11.2. The maximum atomic E-state index is 13.8. The van der Waals surface area contributed by atoms with E-state index in [4.69, 9.17) is 10.9 Å². The number of benzene rings is 1. The van der Waals surface area contributed by atoms with Crippen molar-refractivity contribution >= 4 is 5.84 Å². The van der Waals surface area contributed by atoms with Crippen molar-refractivity contribution in [2.45, 2.75) is 31.9 Å². The fourth-order valence-corrected chi connectivity index (χ4v) is 2.55. The van der Waals surface area contributed by atoms with Crippen LogP contribution in [0.2, 0.25) is 0 Å². The molecule has 5 N–H and O–H groups in total. The first-order valence-electron chi connectivity index (χ1n) is 6.75. The number of hydrogen-bond acceptors (Lipinski definition) is 4. The molecule has 0 bridgehead atoms. The number of amidine groups is 1. The molecule has 0 heterocycles. The lowest BCUT2D eigenvalue weighted by molar-refractivity contribution is 0.177. The Morgan fingerprint density at radius 3 is 2.85 bits per heavy atom. The minimum absolute atomic E-state index is 0.108. The Kier molecular flexibility index (Phi) is 4.92. The number of oxime groups is 1. The van der Waals surface area contributed by atoms with Gasteiger partial charge < -0.3 is 21.4 Å². The number of rotatable bonds is 5. The van der Waals surface area contributed by atoms with E-state index in [1.165, 1.54) is 6.07 Å². The summed E-state index contributed by atoms with van der Waals surface area (Å²) in [6.07, 6.45) is 2.50. The van der Waals surface area contributed by atoms with Gasteiger partial charge in [0.2, 0.25) is 0 Å². The quantitative estimate of drug-likeness (QED) is 0.282. The van der Waals surface area contributed by atoms with Gasteiger partial charge in [0.1, 0.15) is 5.82 Å². The van der Waals surface area contributed by atoms with Crippen molar-refractivity contribution in [1.82, 2.24) is 5.32 Å². The third-order valence-electron chi connectivity index (χ3n) is 3.72. The van der Waals surface area contributed by atoms with E-state index in [0.29, 0.717) is 23.6 Å². The SMILES string of the molecule is N/C(=N/O)c1ccc(CNCC2CCC(O)C2)c(F)c1. The van der Waals surface area contributed by atoms with Crippen LogP contribution in [0.3, 0.4) is 0 Å². The standard InChI is InChI=1S/C14H20FN3O2/c15-13-6-10(14(16)18-20)2-3-11(13)8-17-7-9-1-4-12(19)5-9/h2-3,6,9,12,17,19-20H,1,4-5,7-8H2,(H2,16,18). The molecule has 2 atom stereocenters. The molecule has 6 heteroatoms. The second kappa shape index (κ2) is 6.67. The van der Waals surface area contributed by atoms with Crippen LogP contribution >= 0.6 is 0 Å². The molecule has 1 aliphatic rings. The summed E-state index contributed by atoms with van der Waals surface area (Å²) >= 11 is 0. The lowest BCUT2D eigenvalue weighted by atomic mass is 10.1. The topological polar surface area (TPSA) is 90.9 Å². The molecule has 20 heavy (non-hydrogen) atoms. The molecule has 0 radical (unpaired) electrons. The number of nitrogens with two attached hydrogens (primary N) is 1. The second-order valence-corrected chi connectivity index (χ2v) is 5.26. The van der Waals surface area contributed by atoms with E-state index in [2.05, 4.69) is 10.5 Å². The van der Waals surface area contributed by atoms with Gasteiger partial charge in [0.15, 0.2) is 5.84 Å². The van der Waals surface area contributed by atoms with Crippen LogP contribution in [-0.2, 0) is 6.54 Å². The van der Waals surface area contributed by atoms with Crippen molar-refractivity contribution in [1.29, 1.82) is 0 Å². The highest BCUT2D eigenvalue weighted by Crippen LogP contribution is 2.24. The first kappa shape index (κ1) is 14.7. The summed E-state index contributed by atoms with van der Waals surface area (Å²) in [4.78, 5) is 0. The van der Waals surface area contributed by atoms with Crippen molar-refractivity contribution < 1.29 is 14.7 Å². The molecule has 1 aromatic rings. The first-order chi connectivity index (χ1) is 9.60.